The lowest BCUT2D eigenvalue weighted by Gasteiger charge is -2.18. The van der Waals surface area contributed by atoms with Gasteiger partial charge in [-0.2, -0.15) is 5.26 Å². The summed E-state index contributed by atoms with van der Waals surface area (Å²) in [5.74, 6) is -0.504. The molecule has 0 aliphatic heterocycles. The van der Waals surface area contributed by atoms with Crippen LogP contribution in [0.4, 0.5) is 4.39 Å². The zero-order valence-corrected chi connectivity index (χ0v) is 11.9. The fourth-order valence-corrected chi connectivity index (χ4v) is 2.10. The number of nitriles is 1. The van der Waals surface area contributed by atoms with Gasteiger partial charge < -0.3 is 4.90 Å². The van der Waals surface area contributed by atoms with Crippen molar-refractivity contribution < 1.29 is 9.18 Å². The van der Waals surface area contributed by atoms with Crippen LogP contribution in [-0.2, 0) is 6.54 Å². The van der Waals surface area contributed by atoms with Crippen LogP contribution in [0.5, 0.6) is 0 Å². The van der Waals surface area contributed by atoms with Crippen molar-refractivity contribution in [2.45, 2.75) is 13.5 Å². The van der Waals surface area contributed by atoms with Crippen LogP contribution < -0.4 is 0 Å². The number of carbonyl (C=O) groups excluding carboxylic acids is 1. The minimum atomic E-state index is -0.348. The first-order chi connectivity index (χ1) is 10.0. The van der Waals surface area contributed by atoms with Gasteiger partial charge in [0.2, 0.25) is 0 Å². The molecule has 0 N–H and O–H groups in total. The van der Waals surface area contributed by atoms with E-state index in [0.29, 0.717) is 23.2 Å². The van der Waals surface area contributed by atoms with Crippen molar-refractivity contribution in [1.82, 2.24) is 4.90 Å². The Kier molecular flexibility index (Phi) is 4.34. The normalized spacial score (nSPS) is 10.0. The molecule has 0 aromatic heterocycles. The molecule has 0 saturated carbocycles. The van der Waals surface area contributed by atoms with Crippen molar-refractivity contribution in [3.05, 3.63) is 70.5 Å². The molecule has 0 aliphatic carbocycles. The van der Waals surface area contributed by atoms with Gasteiger partial charge in [-0.15, -0.1) is 0 Å². The van der Waals surface area contributed by atoms with Crippen LogP contribution in [0.15, 0.2) is 42.5 Å². The zero-order valence-electron chi connectivity index (χ0n) is 11.9. The van der Waals surface area contributed by atoms with Crippen LogP contribution in [0.2, 0.25) is 0 Å². The third kappa shape index (κ3) is 3.46. The smallest absolute Gasteiger partial charge is 0.254 e. The Labute approximate surface area is 123 Å². The Morgan fingerprint density at radius 1 is 1.24 bits per heavy atom. The van der Waals surface area contributed by atoms with E-state index in [1.165, 1.54) is 18.2 Å². The number of nitrogens with zero attached hydrogens (tertiary/aromatic N) is 2. The fourth-order valence-electron chi connectivity index (χ4n) is 2.10. The maximum atomic E-state index is 13.1. The van der Waals surface area contributed by atoms with Crippen LogP contribution in [0, 0.1) is 24.1 Å². The number of amides is 1. The summed E-state index contributed by atoms with van der Waals surface area (Å²) in [6.07, 6.45) is 0. The summed E-state index contributed by atoms with van der Waals surface area (Å²) in [7, 11) is 1.70. The molecule has 0 radical (unpaired) electrons. The molecule has 1 amide bonds. The minimum Gasteiger partial charge on any atom is -0.337 e. The Morgan fingerprint density at radius 2 is 1.90 bits per heavy atom. The van der Waals surface area contributed by atoms with E-state index in [1.807, 2.05) is 12.1 Å². The Bertz CT molecular complexity index is 702. The average molecular weight is 282 g/mol. The number of benzene rings is 2. The lowest BCUT2D eigenvalue weighted by Crippen LogP contribution is -2.26. The molecule has 0 bridgehead atoms. The molecule has 0 fully saturated rings. The molecule has 2 aromatic carbocycles. The van der Waals surface area contributed by atoms with Crippen LogP contribution in [0.1, 0.15) is 27.0 Å². The van der Waals surface area contributed by atoms with Gasteiger partial charge in [0.15, 0.2) is 0 Å². The van der Waals surface area contributed by atoms with E-state index in [0.717, 1.165) is 5.56 Å². The molecule has 0 unspecified atom stereocenters. The highest BCUT2D eigenvalue weighted by atomic mass is 19.1. The summed E-state index contributed by atoms with van der Waals surface area (Å²) in [6.45, 7) is 2.15. The Hall–Kier alpha value is -2.67. The molecule has 0 saturated heterocycles. The second kappa shape index (κ2) is 6.19. The summed E-state index contributed by atoms with van der Waals surface area (Å²) in [5.41, 5.74) is 2.63. The summed E-state index contributed by atoms with van der Waals surface area (Å²) in [5, 5.41) is 8.76. The van der Waals surface area contributed by atoms with Crippen LogP contribution in [0.25, 0.3) is 0 Å². The topological polar surface area (TPSA) is 44.1 Å². The number of hydrogen-bond donors (Lipinski definition) is 0. The summed E-state index contributed by atoms with van der Waals surface area (Å²) < 4.78 is 13.1. The molecule has 0 aliphatic rings. The quantitative estimate of drug-likeness (QED) is 0.867. The highest BCUT2D eigenvalue weighted by Crippen LogP contribution is 2.14. The van der Waals surface area contributed by atoms with E-state index in [4.69, 9.17) is 5.26 Å². The van der Waals surface area contributed by atoms with Crippen molar-refractivity contribution in [2.75, 3.05) is 7.05 Å². The molecule has 106 valence electrons. The Balaban J connectivity index is 2.13. The van der Waals surface area contributed by atoms with Gasteiger partial charge >= 0.3 is 0 Å². The molecular formula is C17H15FN2O. The summed E-state index contributed by atoms with van der Waals surface area (Å²) in [4.78, 5) is 13.9. The molecule has 21 heavy (non-hydrogen) atoms. The maximum absolute atomic E-state index is 13.1. The highest BCUT2D eigenvalue weighted by Gasteiger charge is 2.14. The summed E-state index contributed by atoms with van der Waals surface area (Å²) in [6, 6.07) is 13.3. The van der Waals surface area contributed by atoms with E-state index in [9.17, 15) is 9.18 Å². The first kappa shape index (κ1) is 14.7. The van der Waals surface area contributed by atoms with Gasteiger partial charge in [-0.3, -0.25) is 4.79 Å². The lowest BCUT2D eigenvalue weighted by atomic mass is 10.1. The number of carbonyl (C=O) groups is 1. The third-order valence-electron chi connectivity index (χ3n) is 3.27. The third-order valence-corrected chi connectivity index (χ3v) is 3.27. The molecule has 4 heteroatoms. The van der Waals surface area contributed by atoms with Gasteiger partial charge in [0, 0.05) is 19.2 Å². The van der Waals surface area contributed by atoms with Crippen molar-refractivity contribution in [3.8, 4) is 6.07 Å². The molecule has 0 heterocycles. The van der Waals surface area contributed by atoms with E-state index < -0.39 is 0 Å². The zero-order chi connectivity index (χ0) is 15.4. The highest BCUT2D eigenvalue weighted by molar-refractivity contribution is 5.95. The van der Waals surface area contributed by atoms with Crippen molar-refractivity contribution in [1.29, 1.82) is 5.26 Å². The number of rotatable bonds is 3. The second-order valence-corrected chi connectivity index (χ2v) is 4.93. The first-order valence-electron chi connectivity index (χ1n) is 6.52. The largest absolute Gasteiger partial charge is 0.337 e. The monoisotopic (exact) mass is 282 g/mol. The lowest BCUT2D eigenvalue weighted by molar-refractivity contribution is 0.0784. The average Bonchev–Trinajstić information content (AvgIpc) is 2.47. The van der Waals surface area contributed by atoms with E-state index in [2.05, 4.69) is 6.07 Å². The standard InChI is InChI=1S/C17H15FN2O/c1-12-9-15(18)7-8-16(12)17(21)20(2)11-14-5-3-13(10-19)4-6-14/h3-9H,11H2,1-2H3. The van der Waals surface area contributed by atoms with Crippen molar-refractivity contribution in [2.24, 2.45) is 0 Å². The molecule has 0 atom stereocenters. The molecule has 0 spiro atoms. The maximum Gasteiger partial charge on any atom is 0.254 e. The van der Waals surface area contributed by atoms with Crippen molar-refractivity contribution >= 4 is 5.91 Å². The molecule has 2 rings (SSSR count). The predicted octanol–water partition coefficient (Wildman–Crippen LogP) is 3.28. The Morgan fingerprint density at radius 3 is 2.48 bits per heavy atom. The molecule has 2 aromatic rings. The summed E-state index contributed by atoms with van der Waals surface area (Å²) >= 11 is 0. The molecule has 3 nitrogen and oxygen atoms in total. The van der Waals surface area contributed by atoms with Gasteiger partial charge in [0.25, 0.3) is 5.91 Å². The van der Waals surface area contributed by atoms with Gasteiger partial charge in [0.1, 0.15) is 5.82 Å². The first-order valence-corrected chi connectivity index (χ1v) is 6.52. The number of hydrogen-bond acceptors (Lipinski definition) is 2. The van der Waals surface area contributed by atoms with Gasteiger partial charge in [-0.25, -0.2) is 4.39 Å². The van der Waals surface area contributed by atoms with E-state index >= 15 is 0 Å². The predicted molar refractivity (Wildman–Crippen MR) is 78.1 cm³/mol. The minimum absolute atomic E-state index is 0.156. The van der Waals surface area contributed by atoms with E-state index in [-0.39, 0.29) is 11.7 Å². The number of halogens is 1. The fraction of sp³-hybridized carbons (Fsp3) is 0.176. The van der Waals surface area contributed by atoms with Crippen LogP contribution in [-0.4, -0.2) is 17.9 Å². The van der Waals surface area contributed by atoms with Gasteiger partial charge in [0.05, 0.1) is 11.6 Å². The van der Waals surface area contributed by atoms with Gasteiger partial charge in [-0.1, -0.05) is 12.1 Å². The molecular weight excluding hydrogens is 267 g/mol. The number of aryl methyl sites for hydroxylation is 1. The van der Waals surface area contributed by atoms with Crippen molar-refractivity contribution in [3.63, 3.8) is 0 Å². The van der Waals surface area contributed by atoms with Crippen LogP contribution in [0.3, 0.4) is 0 Å². The SMILES string of the molecule is Cc1cc(F)ccc1C(=O)N(C)Cc1ccc(C#N)cc1. The van der Waals surface area contributed by atoms with Gasteiger partial charge in [-0.05, 0) is 48.4 Å². The van der Waals surface area contributed by atoms with E-state index in [1.54, 1.807) is 31.0 Å². The van der Waals surface area contributed by atoms with Crippen LogP contribution >= 0.6 is 0 Å². The second-order valence-electron chi connectivity index (χ2n) is 4.93.